The van der Waals surface area contributed by atoms with Crippen LogP contribution in [0, 0.1) is 5.92 Å². The normalized spacial score (nSPS) is 13.2. The summed E-state index contributed by atoms with van der Waals surface area (Å²) in [6.45, 7) is 6.66. The Bertz CT molecular complexity index is 257. The van der Waals surface area contributed by atoms with Gasteiger partial charge in [0.15, 0.2) is 0 Å². The first-order valence-electron chi connectivity index (χ1n) is 6.17. The van der Waals surface area contributed by atoms with E-state index < -0.39 is 0 Å². The van der Waals surface area contributed by atoms with Crippen LogP contribution in [0.4, 0.5) is 0 Å². The average Bonchev–Trinajstić information content (AvgIpc) is 2.69. The van der Waals surface area contributed by atoms with Gasteiger partial charge in [-0.05, 0) is 49.7 Å². The average molecular weight is 240 g/mol. The van der Waals surface area contributed by atoms with Crippen LogP contribution >= 0.6 is 11.3 Å². The quantitative estimate of drug-likeness (QED) is 0.686. The van der Waals surface area contributed by atoms with E-state index in [9.17, 15) is 0 Å². The Morgan fingerprint density at radius 1 is 1.31 bits per heavy atom. The Hall–Kier alpha value is -0.380. The van der Waals surface area contributed by atoms with Crippen molar-refractivity contribution in [3.63, 3.8) is 0 Å². The fraction of sp³-hybridized carbons (Fsp3) is 0.692. The van der Waals surface area contributed by atoms with E-state index in [0.29, 0.717) is 6.04 Å². The number of thiophene rings is 1. The van der Waals surface area contributed by atoms with Crippen molar-refractivity contribution >= 4 is 11.3 Å². The van der Waals surface area contributed by atoms with Crippen molar-refractivity contribution in [2.75, 3.05) is 13.1 Å². The third-order valence-electron chi connectivity index (χ3n) is 2.63. The van der Waals surface area contributed by atoms with Crippen LogP contribution in [-0.4, -0.2) is 19.1 Å². The van der Waals surface area contributed by atoms with Crippen molar-refractivity contribution in [3.05, 3.63) is 22.4 Å². The number of nitrogens with one attached hydrogen (secondary N) is 1. The molecule has 0 aromatic carbocycles. The van der Waals surface area contributed by atoms with Crippen molar-refractivity contribution in [2.45, 2.75) is 39.2 Å². The molecule has 0 saturated carbocycles. The van der Waals surface area contributed by atoms with Gasteiger partial charge in [-0.2, -0.15) is 0 Å². The van der Waals surface area contributed by atoms with Gasteiger partial charge in [0.1, 0.15) is 0 Å². The third-order valence-corrected chi connectivity index (χ3v) is 3.53. The van der Waals surface area contributed by atoms with Gasteiger partial charge < -0.3 is 11.1 Å². The van der Waals surface area contributed by atoms with Crippen LogP contribution in [-0.2, 0) is 6.42 Å². The summed E-state index contributed by atoms with van der Waals surface area (Å²) in [6.07, 6.45) is 3.33. The highest BCUT2D eigenvalue weighted by molar-refractivity contribution is 7.09. The lowest BCUT2D eigenvalue weighted by Crippen LogP contribution is -2.29. The molecule has 0 aliphatic heterocycles. The molecular formula is C13H24N2S. The standard InChI is InChI=1S/C13H24N2S/c1-11(2)5-7-15-8-6-12(14)10-13-4-3-9-16-13/h3-4,9,11-12,15H,5-8,10,14H2,1-2H3/t12-/m1/s1. The highest BCUT2D eigenvalue weighted by Gasteiger charge is 2.04. The second-order valence-electron chi connectivity index (χ2n) is 4.76. The molecule has 0 bridgehead atoms. The van der Waals surface area contributed by atoms with Crippen LogP contribution in [0.3, 0.4) is 0 Å². The third kappa shape index (κ3) is 6.26. The van der Waals surface area contributed by atoms with Crippen molar-refractivity contribution < 1.29 is 0 Å². The van der Waals surface area contributed by atoms with E-state index in [1.807, 2.05) is 0 Å². The lowest BCUT2D eigenvalue weighted by atomic mass is 10.1. The zero-order chi connectivity index (χ0) is 11.8. The first kappa shape index (κ1) is 13.7. The zero-order valence-corrected chi connectivity index (χ0v) is 11.2. The summed E-state index contributed by atoms with van der Waals surface area (Å²) in [6, 6.07) is 4.55. The molecule has 0 fully saturated rings. The fourth-order valence-corrected chi connectivity index (χ4v) is 2.39. The molecule has 2 nitrogen and oxygen atoms in total. The van der Waals surface area contributed by atoms with E-state index in [-0.39, 0.29) is 0 Å². The first-order valence-corrected chi connectivity index (χ1v) is 7.05. The smallest absolute Gasteiger partial charge is 0.00992 e. The molecule has 1 aromatic heterocycles. The van der Waals surface area contributed by atoms with E-state index in [1.54, 1.807) is 11.3 Å². The van der Waals surface area contributed by atoms with E-state index >= 15 is 0 Å². The number of nitrogens with two attached hydrogens (primary N) is 1. The summed E-state index contributed by atoms with van der Waals surface area (Å²) < 4.78 is 0. The van der Waals surface area contributed by atoms with Crippen LogP contribution in [0.1, 0.15) is 31.6 Å². The molecule has 0 aliphatic carbocycles. The number of rotatable bonds is 8. The molecule has 0 radical (unpaired) electrons. The monoisotopic (exact) mass is 240 g/mol. The molecule has 92 valence electrons. The SMILES string of the molecule is CC(C)CCNCC[C@@H](N)Cc1cccs1. The van der Waals surface area contributed by atoms with Gasteiger partial charge >= 0.3 is 0 Å². The van der Waals surface area contributed by atoms with Crippen molar-refractivity contribution in [3.8, 4) is 0 Å². The van der Waals surface area contributed by atoms with Crippen LogP contribution in [0.2, 0.25) is 0 Å². The van der Waals surface area contributed by atoms with Crippen molar-refractivity contribution in [2.24, 2.45) is 11.7 Å². The van der Waals surface area contributed by atoms with Gasteiger partial charge in [0.2, 0.25) is 0 Å². The maximum atomic E-state index is 6.07. The van der Waals surface area contributed by atoms with Gasteiger partial charge in [-0.3, -0.25) is 0 Å². The molecule has 16 heavy (non-hydrogen) atoms. The maximum absolute atomic E-state index is 6.07. The van der Waals surface area contributed by atoms with Crippen molar-refractivity contribution in [1.29, 1.82) is 0 Å². The lowest BCUT2D eigenvalue weighted by Gasteiger charge is -2.11. The second-order valence-corrected chi connectivity index (χ2v) is 5.80. The zero-order valence-electron chi connectivity index (χ0n) is 10.4. The summed E-state index contributed by atoms with van der Waals surface area (Å²) in [5.74, 6) is 0.785. The van der Waals surface area contributed by atoms with Crippen LogP contribution in [0.5, 0.6) is 0 Å². The maximum Gasteiger partial charge on any atom is 0.00992 e. The molecule has 1 atom stereocenters. The van der Waals surface area contributed by atoms with Crippen LogP contribution in [0.15, 0.2) is 17.5 Å². The summed E-state index contributed by atoms with van der Waals surface area (Å²) >= 11 is 1.80. The summed E-state index contributed by atoms with van der Waals surface area (Å²) in [7, 11) is 0. The molecule has 3 N–H and O–H groups in total. The summed E-state index contributed by atoms with van der Waals surface area (Å²) in [4.78, 5) is 1.40. The predicted octanol–water partition coefficient (Wildman–Crippen LogP) is 2.64. The van der Waals surface area contributed by atoms with Gasteiger partial charge in [0.25, 0.3) is 0 Å². The topological polar surface area (TPSA) is 38.0 Å². The Balaban J connectivity index is 2.00. The minimum atomic E-state index is 0.296. The van der Waals surface area contributed by atoms with E-state index in [1.165, 1.54) is 11.3 Å². The van der Waals surface area contributed by atoms with Gasteiger partial charge in [0, 0.05) is 10.9 Å². The molecule has 0 unspecified atom stereocenters. The Kier molecular flexibility index (Phi) is 6.69. The Labute approximate surface area is 103 Å². The van der Waals surface area contributed by atoms with Crippen molar-refractivity contribution in [1.82, 2.24) is 5.32 Å². The number of hydrogen-bond donors (Lipinski definition) is 2. The molecule has 3 heteroatoms. The first-order chi connectivity index (χ1) is 7.68. The largest absolute Gasteiger partial charge is 0.327 e. The molecule has 0 amide bonds. The van der Waals surface area contributed by atoms with E-state index in [2.05, 4.69) is 36.7 Å². The molecule has 1 aromatic rings. The number of hydrogen-bond acceptors (Lipinski definition) is 3. The molecular weight excluding hydrogens is 216 g/mol. The van der Waals surface area contributed by atoms with Crippen LogP contribution in [0.25, 0.3) is 0 Å². The Morgan fingerprint density at radius 2 is 2.06 bits per heavy atom. The molecule has 1 heterocycles. The Morgan fingerprint density at radius 3 is 2.69 bits per heavy atom. The highest BCUT2D eigenvalue weighted by atomic mass is 32.1. The lowest BCUT2D eigenvalue weighted by molar-refractivity contribution is 0.510. The van der Waals surface area contributed by atoms with E-state index in [0.717, 1.165) is 31.8 Å². The summed E-state index contributed by atoms with van der Waals surface area (Å²) in [5, 5.41) is 5.56. The van der Waals surface area contributed by atoms with Crippen LogP contribution < -0.4 is 11.1 Å². The summed E-state index contributed by atoms with van der Waals surface area (Å²) in [5.41, 5.74) is 6.07. The predicted molar refractivity (Wildman–Crippen MR) is 72.9 cm³/mol. The highest BCUT2D eigenvalue weighted by Crippen LogP contribution is 2.11. The van der Waals surface area contributed by atoms with Gasteiger partial charge in [-0.15, -0.1) is 11.3 Å². The van der Waals surface area contributed by atoms with Gasteiger partial charge in [-0.25, -0.2) is 0 Å². The second kappa shape index (κ2) is 7.82. The van der Waals surface area contributed by atoms with Gasteiger partial charge in [0.05, 0.1) is 0 Å². The fourth-order valence-electron chi connectivity index (χ4n) is 1.59. The van der Waals surface area contributed by atoms with E-state index in [4.69, 9.17) is 5.73 Å². The van der Waals surface area contributed by atoms with Gasteiger partial charge in [-0.1, -0.05) is 19.9 Å². The molecule has 0 saturated heterocycles. The molecule has 0 spiro atoms. The minimum Gasteiger partial charge on any atom is -0.327 e. The molecule has 0 aliphatic rings. The molecule has 1 rings (SSSR count). The minimum absolute atomic E-state index is 0.296.